The highest BCUT2D eigenvalue weighted by Gasteiger charge is 2.11. The largest absolute Gasteiger partial charge is 0.325 e. The SMILES string of the molecule is CCC(NCC(=O)Nc1ccc(Cl)c(Cl)c1)c1ccccc1. The summed E-state index contributed by atoms with van der Waals surface area (Å²) < 4.78 is 0. The molecular weight excluding hydrogens is 319 g/mol. The van der Waals surface area contributed by atoms with Crippen molar-refractivity contribution in [3.63, 3.8) is 0 Å². The Morgan fingerprint density at radius 3 is 2.45 bits per heavy atom. The van der Waals surface area contributed by atoms with E-state index in [1.54, 1.807) is 18.2 Å². The van der Waals surface area contributed by atoms with E-state index in [4.69, 9.17) is 23.2 Å². The van der Waals surface area contributed by atoms with Gasteiger partial charge < -0.3 is 10.6 Å². The second-order valence-electron chi connectivity index (χ2n) is 4.93. The van der Waals surface area contributed by atoms with Crippen LogP contribution < -0.4 is 10.6 Å². The van der Waals surface area contributed by atoms with Crippen LogP contribution in [0, 0.1) is 0 Å². The quantitative estimate of drug-likeness (QED) is 0.804. The van der Waals surface area contributed by atoms with Crippen molar-refractivity contribution in [2.45, 2.75) is 19.4 Å². The summed E-state index contributed by atoms with van der Waals surface area (Å²) in [4.78, 5) is 12.0. The Bertz CT molecular complexity index is 632. The highest BCUT2D eigenvalue weighted by Crippen LogP contribution is 2.25. The molecule has 2 aromatic rings. The number of hydrogen-bond donors (Lipinski definition) is 2. The monoisotopic (exact) mass is 336 g/mol. The Balaban J connectivity index is 1.90. The normalized spacial score (nSPS) is 12.0. The number of anilines is 1. The third-order valence-corrected chi connectivity index (χ3v) is 4.06. The number of carbonyl (C=O) groups excluding carboxylic acids is 1. The van der Waals surface area contributed by atoms with Crippen LogP contribution in [0.4, 0.5) is 5.69 Å². The molecule has 0 fully saturated rings. The van der Waals surface area contributed by atoms with Gasteiger partial charge in [-0.05, 0) is 30.2 Å². The van der Waals surface area contributed by atoms with Gasteiger partial charge in [-0.1, -0.05) is 60.5 Å². The van der Waals surface area contributed by atoms with E-state index >= 15 is 0 Å². The molecule has 2 aromatic carbocycles. The molecule has 0 aliphatic carbocycles. The van der Waals surface area contributed by atoms with Crippen molar-refractivity contribution < 1.29 is 4.79 Å². The summed E-state index contributed by atoms with van der Waals surface area (Å²) >= 11 is 11.8. The van der Waals surface area contributed by atoms with Gasteiger partial charge >= 0.3 is 0 Å². The molecule has 2 N–H and O–H groups in total. The van der Waals surface area contributed by atoms with Gasteiger partial charge in [-0.2, -0.15) is 0 Å². The smallest absolute Gasteiger partial charge is 0.238 e. The van der Waals surface area contributed by atoms with E-state index in [1.165, 1.54) is 5.56 Å². The fourth-order valence-electron chi connectivity index (χ4n) is 2.18. The van der Waals surface area contributed by atoms with E-state index in [1.807, 2.05) is 18.2 Å². The summed E-state index contributed by atoms with van der Waals surface area (Å²) in [7, 11) is 0. The molecule has 3 nitrogen and oxygen atoms in total. The third kappa shape index (κ3) is 4.73. The molecule has 2 rings (SSSR count). The number of halogens is 2. The Hall–Kier alpha value is -1.55. The van der Waals surface area contributed by atoms with Gasteiger partial charge in [-0.3, -0.25) is 4.79 Å². The lowest BCUT2D eigenvalue weighted by Crippen LogP contribution is -2.31. The molecule has 0 spiro atoms. The number of rotatable bonds is 6. The molecule has 0 bridgehead atoms. The highest BCUT2D eigenvalue weighted by molar-refractivity contribution is 6.42. The molecule has 1 atom stereocenters. The first-order chi connectivity index (χ1) is 10.6. The Kier molecular flexibility index (Phi) is 6.25. The van der Waals surface area contributed by atoms with Gasteiger partial charge in [0.1, 0.15) is 0 Å². The average Bonchev–Trinajstić information content (AvgIpc) is 2.52. The summed E-state index contributed by atoms with van der Waals surface area (Å²) in [6.07, 6.45) is 0.907. The zero-order valence-electron chi connectivity index (χ0n) is 12.3. The molecule has 116 valence electrons. The van der Waals surface area contributed by atoms with Crippen LogP contribution in [0.25, 0.3) is 0 Å². The second kappa shape index (κ2) is 8.18. The minimum atomic E-state index is -0.118. The van der Waals surface area contributed by atoms with Crippen LogP contribution in [0.5, 0.6) is 0 Å². The Morgan fingerprint density at radius 2 is 1.82 bits per heavy atom. The number of nitrogens with one attached hydrogen (secondary N) is 2. The first-order valence-electron chi connectivity index (χ1n) is 7.13. The van der Waals surface area contributed by atoms with Crippen LogP contribution in [-0.4, -0.2) is 12.5 Å². The van der Waals surface area contributed by atoms with Crippen molar-refractivity contribution in [1.82, 2.24) is 5.32 Å². The minimum absolute atomic E-state index is 0.118. The van der Waals surface area contributed by atoms with Crippen LogP contribution in [0.3, 0.4) is 0 Å². The van der Waals surface area contributed by atoms with E-state index < -0.39 is 0 Å². The standard InChI is InChI=1S/C17H18Cl2N2O/c1-2-16(12-6-4-3-5-7-12)20-11-17(22)21-13-8-9-14(18)15(19)10-13/h3-10,16,20H,2,11H2,1H3,(H,21,22). The molecular formula is C17H18Cl2N2O. The zero-order chi connectivity index (χ0) is 15.9. The number of hydrogen-bond acceptors (Lipinski definition) is 2. The number of carbonyl (C=O) groups is 1. The van der Waals surface area contributed by atoms with Gasteiger partial charge in [0, 0.05) is 11.7 Å². The Labute approximate surface area is 140 Å². The van der Waals surface area contributed by atoms with E-state index in [0.717, 1.165) is 6.42 Å². The molecule has 0 heterocycles. The van der Waals surface area contributed by atoms with Crippen LogP contribution >= 0.6 is 23.2 Å². The maximum Gasteiger partial charge on any atom is 0.238 e. The van der Waals surface area contributed by atoms with Gasteiger partial charge in [0.2, 0.25) is 5.91 Å². The number of amides is 1. The predicted octanol–water partition coefficient (Wildman–Crippen LogP) is 4.67. The van der Waals surface area contributed by atoms with Gasteiger partial charge in [0.05, 0.1) is 16.6 Å². The van der Waals surface area contributed by atoms with Crippen LogP contribution in [0.2, 0.25) is 10.0 Å². The molecule has 0 aliphatic heterocycles. The third-order valence-electron chi connectivity index (χ3n) is 3.32. The van der Waals surface area contributed by atoms with Gasteiger partial charge in [0.25, 0.3) is 0 Å². The lowest BCUT2D eigenvalue weighted by Gasteiger charge is -2.17. The molecule has 0 aliphatic rings. The summed E-state index contributed by atoms with van der Waals surface area (Å²) in [6.45, 7) is 2.31. The maximum atomic E-state index is 12.0. The van der Waals surface area contributed by atoms with E-state index in [-0.39, 0.29) is 18.5 Å². The van der Waals surface area contributed by atoms with Crippen LogP contribution in [-0.2, 0) is 4.79 Å². The van der Waals surface area contributed by atoms with Crippen molar-refractivity contribution in [2.75, 3.05) is 11.9 Å². The first kappa shape index (κ1) is 16.8. The lowest BCUT2D eigenvalue weighted by atomic mass is 10.0. The van der Waals surface area contributed by atoms with Crippen molar-refractivity contribution >= 4 is 34.8 Å². The first-order valence-corrected chi connectivity index (χ1v) is 7.89. The van der Waals surface area contributed by atoms with Crippen molar-refractivity contribution in [2.24, 2.45) is 0 Å². The molecule has 1 amide bonds. The fraction of sp³-hybridized carbons (Fsp3) is 0.235. The summed E-state index contributed by atoms with van der Waals surface area (Å²) in [6, 6.07) is 15.2. The topological polar surface area (TPSA) is 41.1 Å². The number of benzene rings is 2. The predicted molar refractivity (Wildman–Crippen MR) is 92.6 cm³/mol. The maximum absolute atomic E-state index is 12.0. The summed E-state index contributed by atoms with van der Waals surface area (Å²) in [5.41, 5.74) is 1.81. The van der Waals surface area contributed by atoms with Gasteiger partial charge in [-0.15, -0.1) is 0 Å². The second-order valence-corrected chi connectivity index (χ2v) is 5.74. The lowest BCUT2D eigenvalue weighted by molar-refractivity contribution is -0.115. The van der Waals surface area contributed by atoms with Crippen molar-refractivity contribution in [3.8, 4) is 0 Å². The molecule has 1 unspecified atom stereocenters. The molecule has 0 aromatic heterocycles. The molecule has 5 heteroatoms. The fourth-order valence-corrected chi connectivity index (χ4v) is 2.48. The molecule has 22 heavy (non-hydrogen) atoms. The zero-order valence-corrected chi connectivity index (χ0v) is 13.8. The summed E-state index contributed by atoms with van der Waals surface area (Å²) in [5, 5.41) is 6.94. The molecule has 0 saturated heterocycles. The van der Waals surface area contributed by atoms with Gasteiger partial charge in [-0.25, -0.2) is 0 Å². The van der Waals surface area contributed by atoms with Crippen LogP contribution in [0.1, 0.15) is 24.9 Å². The molecule has 0 radical (unpaired) electrons. The van der Waals surface area contributed by atoms with E-state index in [2.05, 4.69) is 29.7 Å². The van der Waals surface area contributed by atoms with E-state index in [9.17, 15) is 4.79 Å². The minimum Gasteiger partial charge on any atom is -0.325 e. The summed E-state index contributed by atoms with van der Waals surface area (Å²) in [5.74, 6) is -0.118. The van der Waals surface area contributed by atoms with Crippen molar-refractivity contribution in [3.05, 3.63) is 64.1 Å². The van der Waals surface area contributed by atoms with Crippen LogP contribution in [0.15, 0.2) is 48.5 Å². The Morgan fingerprint density at radius 1 is 1.09 bits per heavy atom. The van der Waals surface area contributed by atoms with E-state index in [0.29, 0.717) is 15.7 Å². The van der Waals surface area contributed by atoms with Gasteiger partial charge in [0.15, 0.2) is 0 Å². The highest BCUT2D eigenvalue weighted by atomic mass is 35.5. The van der Waals surface area contributed by atoms with Crippen molar-refractivity contribution in [1.29, 1.82) is 0 Å². The molecule has 0 saturated carbocycles. The average molecular weight is 337 g/mol.